The van der Waals surface area contributed by atoms with Crippen LogP contribution in [0.2, 0.25) is 0 Å². The number of anilines is 1. The lowest BCUT2D eigenvalue weighted by molar-refractivity contribution is -0.137. The molecular weight excluding hydrogens is 385 g/mol. The molecule has 2 N–H and O–H groups in total. The minimum Gasteiger partial charge on any atom is -0.507 e. The van der Waals surface area contributed by atoms with Gasteiger partial charge in [-0.3, -0.25) is 4.40 Å². The number of likely N-dealkylation sites (tertiary alicyclic amines) is 1. The molecule has 1 aromatic carbocycles. The largest absolute Gasteiger partial charge is 0.507 e. The minimum atomic E-state index is -4.53. The number of phenols is 1. The van der Waals surface area contributed by atoms with Crippen molar-refractivity contribution >= 4 is 11.5 Å². The van der Waals surface area contributed by atoms with E-state index in [1.165, 1.54) is 6.07 Å². The van der Waals surface area contributed by atoms with Gasteiger partial charge in [0.2, 0.25) is 5.95 Å². The molecule has 7 nitrogen and oxygen atoms in total. The van der Waals surface area contributed by atoms with Crippen LogP contribution in [0.5, 0.6) is 5.75 Å². The van der Waals surface area contributed by atoms with E-state index in [9.17, 15) is 18.3 Å². The molecule has 0 radical (unpaired) electrons. The van der Waals surface area contributed by atoms with Crippen LogP contribution in [0.4, 0.5) is 19.1 Å². The van der Waals surface area contributed by atoms with Crippen molar-refractivity contribution < 1.29 is 18.3 Å². The first-order valence-electron chi connectivity index (χ1n) is 9.45. The number of likely N-dealkylation sites (N-methyl/N-ethyl adjacent to an activating group) is 1. The van der Waals surface area contributed by atoms with Gasteiger partial charge >= 0.3 is 6.18 Å². The summed E-state index contributed by atoms with van der Waals surface area (Å²) in [6, 6.07) is 3.02. The molecule has 10 heteroatoms. The third-order valence-corrected chi connectivity index (χ3v) is 5.22. The normalized spacial score (nSPS) is 18.3. The molecule has 0 aliphatic carbocycles. The van der Waals surface area contributed by atoms with Crippen LogP contribution < -0.4 is 5.32 Å². The minimum absolute atomic E-state index is 0.164. The molecule has 0 unspecified atom stereocenters. The highest BCUT2D eigenvalue weighted by Gasteiger charge is 2.31. The predicted octanol–water partition coefficient (Wildman–Crippen LogP) is 3.41. The van der Waals surface area contributed by atoms with Crippen molar-refractivity contribution in [2.75, 3.05) is 25.0 Å². The smallest absolute Gasteiger partial charge is 0.416 e. The Hall–Kier alpha value is -2.88. The van der Waals surface area contributed by atoms with Gasteiger partial charge in [0.1, 0.15) is 17.8 Å². The van der Waals surface area contributed by atoms with Crippen LogP contribution >= 0.6 is 0 Å². The number of alkyl halides is 3. The molecule has 3 aromatic rings. The van der Waals surface area contributed by atoms with Crippen LogP contribution in [0, 0.1) is 0 Å². The van der Waals surface area contributed by atoms with Gasteiger partial charge in [-0.25, -0.2) is 4.98 Å². The van der Waals surface area contributed by atoms with E-state index in [0.717, 1.165) is 38.5 Å². The number of aromatic hydroxyl groups is 1. The summed E-state index contributed by atoms with van der Waals surface area (Å²) in [7, 11) is 0. The van der Waals surface area contributed by atoms with Gasteiger partial charge in [-0.05, 0) is 44.1 Å². The van der Waals surface area contributed by atoms with E-state index in [4.69, 9.17) is 0 Å². The van der Waals surface area contributed by atoms with E-state index >= 15 is 0 Å². The molecule has 1 fully saturated rings. The third-order valence-electron chi connectivity index (χ3n) is 5.22. The topological polar surface area (TPSA) is 78.6 Å². The molecule has 1 aliphatic heterocycles. The molecule has 2 aromatic heterocycles. The molecule has 0 spiro atoms. The molecular formula is C19H21F3N6O. The van der Waals surface area contributed by atoms with Crippen molar-refractivity contribution in [2.45, 2.75) is 32.0 Å². The van der Waals surface area contributed by atoms with Crippen LogP contribution in [-0.2, 0) is 6.18 Å². The van der Waals surface area contributed by atoms with Gasteiger partial charge in [0.25, 0.3) is 0 Å². The molecule has 4 rings (SSSR count). The summed E-state index contributed by atoms with van der Waals surface area (Å²) in [5.41, 5.74) is 0.0449. The Morgan fingerprint density at radius 2 is 2.10 bits per heavy atom. The van der Waals surface area contributed by atoms with E-state index in [-0.39, 0.29) is 17.3 Å². The zero-order valence-electron chi connectivity index (χ0n) is 15.8. The Morgan fingerprint density at radius 3 is 2.83 bits per heavy atom. The van der Waals surface area contributed by atoms with Crippen molar-refractivity contribution in [3.63, 3.8) is 0 Å². The van der Waals surface area contributed by atoms with E-state index in [1.807, 2.05) is 0 Å². The number of fused-ring (bicyclic) bond motifs is 1. The van der Waals surface area contributed by atoms with Crippen LogP contribution in [0.15, 0.2) is 30.7 Å². The van der Waals surface area contributed by atoms with Gasteiger partial charge in [-0.2, -0.15) is 13.2 Å². The number of hydrogen-bond donors (Lipinski definition) is 2. The Bertz CT molecular complexity index is 1020. The van der Waals surface area contributed by atoms with Crippen molar-refractivity contribution in [2.24, 2.45) is 0 Å². The SMILES string of the molecule is CCN1CCC[C@@H](Nc2nnc(-c3ccc(C(F)(F)F)cc3O)c3cncn23)C1. The van der Waals surface area contributed by atoms with Crippen LogP contribution in [0.1, 0.15) is 25.3 Å². The maximum Gasteiger partial charge on any atom is 0.416 e. The van der Waals surface area contributed by atoms with Gasteiger partial charge in [-0.1, -0.05) is 6.92 Å². The fourth-order valence-electron chi connectivity index (χ4n) is 3.68. The van der Waals surface area contributed by atoms with Gasteiger partial charge in [0.15, 0.2) is 0 Å². The van der Waals surface area contributed by atoms with Crippen molar-refractivity contribution in [1.82, 2.24) is 24.5 Å². The van der Waals surface area contributed by atoms with Gasteiger partial charge < -0.3 is 15.3 Å². The number of nitrogens with one attached hydrogen (secondary N) is 1. The number of nitrogens with zero attached hydrogens (tertiary/aromatic N) is 5. The first-order chi connectivity index (χ1) is 13.9. The van der Waals surface area contributed by atoms with Crippen molar-refractivity contribution in [1.29, 1.82) is 0 Å². The second kappa shape index (κ2) is 7.51. The summed E-state index contributed by atoms with van der Waals surface area (Å²) in [6.07, 6.45) is 0.677. The average Bonchev–Trinajstić information content (AvgIpc) is 3.18. The highest BCUT2D eigenvalue weighted by molar-refractivity contribution is 5.80. The number of phenolic OH excluding ortho intramolecular Hbond substituents is 1. The molecule has 1 atom stereocenters. The molecule has 0 amide bonds. The maximum atomic E-state index is 12.9. The molecule has 0 saturated carbocycles. The Labute approximate surface area is 165 Å². The van der Waals surface area contributed by atoms with E-state index in [0.29, 0.717) is 17.5 Å². The molecule has 0 bridgehead atoms. The van der Waals surface area contributed by atoms with Crippen LogP contribution in [-0.4, -0.2) is 55.3 Å². The highest BCUT2D eigenvalue weighted by Crippen LogP contribution is 2.37. The summed E-state index contributed by atoms with van der Waals surface area (Å²) in [5.74, 6) is -0.000549. The number of halogens is 3. The highest BCUT2D eigenvalue weighted by atomic mass is 19.4. The Morgan fingerprint density at radius 1 is 1.28 bits per heavy atom. The standard InChI is InChI=1S/C19H21F3N6O/c1-2-27-7-3-4-13(10-27)24-18-26-25-17(15-9-23-11-28(15)18)14-6-5-12(8-16(14)29)19(20,21)22/h5-6,8-9,11,13,29H,2-4,7,10H2,1H3,(H,24,26)/t13-/m1/s1. The number of piperidine rings is 1. The average molecular weight is 406 g/mol. The lowest BCUT2D eigenvalue weighted by Gasteiger charge is -2.32. The molecule has 29 heavy (non-hydrogen) atoms. The summed E-state index contributed by atoms with van der Waals surface area (Å²) in [4.78, 5) is 6.49. The van der Waals surface area contributed by atoms with Crippen molar-refractivity contribution in [3.05, 3.63) is 36.3 Å². The summed E-state index contributed by atoms with van der Waals surface area (Å²) < 4.78 is 40.3. The van der Waals surface area contributed by atoms with E-state index in [2.05, 4.69) is 32.3 Å². The number of benzene rings is 1. The lowest BCUT2D eigenvalue weighted by Crippen LogP contribution is -2.42. The zero-order valence-corrected chi connectivity index (χ0v) is 15.8. The molecule has 154 valence electrons. The maximum absolute atomic E-state index is 12.9. The van der Waals surface area contributed by atoms with Crippen molar-refractivity contribution in [3.8, 4) is 17.0 Å². The van der Waals surface area contributed by atoms with E-state index < -0.39 is 17.5 Å². The number of hydrogen-bond acceptors (Lipinski definition) is 6. The van der Waals surface area contributed by atoms with E-state index in [1.54, 1.807) is 16.9 Å². The fourth-order valence-corrected chi connectivity index (χ4v) is 3.68. The first-order valence-corrected chi connectivity index (χ1v) is 9.45. The predicted molar refractivity (Wildman–Crippen MR) is 102 cm³/mol. The second-order valence-electron chi connectivity index (χ2n) is 7.13. The molecule has 3 heterocycles. The monoisotopic (exact) mass is 406 g/mol. The quantitative estimate of drug-likeness (QED) is 0.691. The summed E-state index contributed by atoms with van der Waals surface area (Å²) in [6.45, 7) is 5.08. The summed E-state index contributed by atoms with van der Waals surface area (Å²) in [5, 5.41) is 22.0. The number of rotatable bonds is 4. The summed E-state index contributed by atoms with van der Waals surface area (Å²) >= 11 is 0. The number of imidazole rings is 1. The van der Waals surface area contributed by atoms with Gasteiger partial charge in [0, 0.05) is 18.2 Å². The lowest BCUT2D eigenvalue weighted by atomic mass is 10.1. The zero-order chi connectivity index (χ0) is 20.6. The van der Waals surface area contributed by atoms with Gasteiger partial charge in [-0.15, -0.1) is 10.2 Å². The second-order valence-corrected chi connectivity index (χ2v) is 7.13. The molecule has 1 aliphatic rings. The fraction of sp³-hybridized carbons (Fsp3) is 0.421. The molecule has 1 saturated heterocycles. The Kier molecular flexibility index (Phi) is 5.03. The third kappa shape index (κ3) is 3.84. The van der Waals surface area contributed by atoms with Crippen LogP contribution in [0.3, 0.4) is 0 Å². The van der Waals surface area contributed by atoms with Crippen LogP contribution in [0.25, 0.3) is 16.8 Å². The van der Waals surface area contributed by atoms with Gasteiger partial charge in [0.05, 0.1) is 17.3 Å². The first kappa shape index (κ1) is 19.4. The Balaban J connectivity index is 1.67. The number of aromatic nitrogens is 4.